The van der Waals surface area contributed by atoms with E-state index >= 15 is 0 Å². The predicted molar refractivity (Wildman–Crippen MR) is 187 cm³/mol. The van der Waals surface area contributed by atoms with Crippen molar-refractivity contribution in [3.63, 3.8) is 0 Å². The van der Waals surface area contributed by atoms with Gasteiger partial charge in [-0.1, -0.05) is 163 Å². The fourth-order valence-electron chi connectivity index (χ4n) is 5.52. The standard InChI is InChI=1S/C39H74O6/c1-6-7-8-17-24-29-37(40)43-32-36(33-44-38(41)30-25-20-16-15-19-23-28-35(4)5)45-39(42)31-26-21-14-12-10-9-11-13-18-22-27-34(2)3/h34-36H,6-33H2,1-5H3/t36-/m0/s1. The van der Waals surface area contributed by atoms with Gasteiger partial charge in [0.25, 0.3) is 0 Å². The molecule has 0 aliphatic heterocycles. The molecule has 1 atom stereocenters. The third-order valence-electron chi connectivity index (χ3n) is 8.47. The fraction of sp³-hybridized carbons (Fsp3) is 0.923. The molecule has 0 radical (unpaired) electrons. The quantitative estimate of drug-likeness (QED) is 0.0404. The number of ether oxygens (including phenoxy) is 3. The first kappa shape index (κ1) is 43.4. The molecule has 0 N–H and O–H groups in total. The minimum absolute atomic E-state index is 0.0684. The lowest BCUT2D eigenvalue weighted by molar-refractivity contribution is -0.167. The van der Waals surface area contributed by atoms with Gasteiger partial charge in [0.2, 0.25) is 0 Å². The zero-order chi connectivity index (χ0) is 33.4. The molecule has 0 saturated heterocycles. The highest BCUT2D eigenvalue weighted by atomic mass is 16.6. The molecule has 0 amide bonds. The molecule has 266 valence electrons. The summed E-state index contributed by atoms with van der Waals surface area (Å²) in [7, 11) is 0. The zero-order valence-corrected chi connectivity index (χ0v) is 30.5. The van der Waals surface area contributed by atoms with Crippen LogP contribution in [0, 0.1) is 11.8 Å². The first-order valence-corrected chi connectivity index (χ1v) is 19.2. The van der Waals surface area contributed by atoms with Crippen molar-refractivity contribution in [2.75, 3.05) is 13.2 Å². The Morgan fingerprint density at radius 3 is 1.09 bits per heavy atom. The van der Waals surface area contributed by atoms with Gasteiger partial charge in [-0.05, 0) is 31.1 Å². The number of carbonyl (C=O) groups excluding carboxylic acids is 3. The van der Waals surface area contributed by atoms with E-state index in [4.69, 9.17) is 14.2 Å². The second-order valence-corrected chi connectivity index (χ2v) is 14.2. The Labute approximate surface area is 278 Å². The lowest BCUT2D eigenvalue weighted by Crippen LogP contribution is -2.30. The topological polar surface area (TPSA) is 78.9 Å². The molecule has 0 rings (SSSR count). The van der Waals surface area contributed by atoms with E-state index in [0.29, 0.717) is 19.3 Å². The van der Waals surface area contributed by atoms with E-state index in [1.165, 1.54) is 83.5 Å². The molecule has 0 heterocycles. The maximum Gasteiger partial charge on any atom is 0.306 e. The van der Waals surface area contributed by atoms with E-state index in [9.17, 15) is 14.4 Å². The van der Waals surface area contributed by atoms with Crippen LogP contribution in [0.15, 0.2) is 0 Å². The molecule has 0 fully saturated rings. The summed E-state index contributed by atoms with van der Waals surface area (Å²) in [5, 5.41) is 0. The molecule has 0 aromatic rings. The van der Waals surface area contributed by atoms with Gasteiger partial charge in [0.15, 0.2) is 6.10 Å². The number of rotatable bonds is 33. The number of hydrogen-bond donors (Lipinski definition) is 0. The SMILES string of the molecule is CCCCCCCC(=O)OC[C@@H](COC(=O)CCCCCCCCC(C)C)OC(=O)CCCCCCCCCCCCC(C)C. The summed E-state index contributed by atoms with van der Waals surface area (Å²) in [5.74, 6) is 0.694. The van der Waals surface area contributed by atoms with Gasteiger partial charge in [-0.25, -0.2) is 0 Å². The molecular weight excluding hydrogens is 564 g/mol. The van der Waals surface area contributed by atoms with Gasteiger partial charge in [-0.3, -0.25) is 14.4 Å². The summed E-state index contributed by atoms with van der Waals surface area (Å²) in [6, 6.07) is 0. The van der Waals surface area contributed by atoms with Crippen molar-refractivity contribution in [2.45, 2.75) is 208 Å². The van der Waals surface area contributed by atoms with Crippen molar-refractivity contribution >= 4 is 17.9 Å². The van der Waals surface area contributed by atoms with Gasteiger partial charge in [-0.2, -0.15) is 0 Å². The summed E-state index contributed by atoms with van der Waals surface area (Å²) in [6.07, 6.45) is 27.0. The molecule has 6 heteroatoms. The van der Waals surface area contributed by atoms with Gasteiger partial charge in [0.05, 0.1) is 0 Å². The van der Waals surface area contributed by atoms with Crippen molar-refractivity contribution in [1.29, 1.82) is 0 Å². The summed E-state index contributed by atoms with van der Waals surface area (Å²) >= 11 is 0. The minimum Gasteiger partial charge on any atom is -0.462 e. The van der Waals surface area contributed by atoms with Crippen molar-refractivity contribution in [2.24, 2.45) is 11.8 Å². The highest BCUT2D eigenvalue weighted by molar-refractivity contribution is 5.71. The Bertz CT molecular complexity index is 689. The smallest absolute Gasteiger partial charge is 0.306 e. The lowest BCUT2D eigenvalue weighted by atomic mass is 10.0. The third-order valence-corrected chi connectivity index (χ3v) is 8.47. The number of esters is 3. The molecule has 0 aromatic heterocycles. The summed E-state index contributed by atoms with van der Waals surface area (Å²) in [6.45, 7) is 11.1. The highest BCUT2D eigenvalue weighted by Crippen LogP contribution is 2.15. The van der Waals surface area contributed by atoms with E-state index in [0.717, 1.165) is 76.0 Å². The molecule has 6 nitrogen and oxygen atoms in total. The largest absolute Gasteiger partial charge is 0.462 e. The third kappa shape index (κ3) is 33.6. The molecule has 0 bridgehead atoms. The van der Waals surface area contributed by atoms with Crippen LogP contribution in [0.2, 0.25) is 0 Å². The Morgan fingerprint density at radius 1 is 0.422 bits per heavy atom. The molecule has 0 aliphatic rings. The van der Waals surface area contributed by atoms with E-state index in [1.807, 2.05) is 0 Å². The predicted octanol–water partition coefficient (Wildman–Crippen LogP) is 11.5. The van der Waals surface area contributed by atoms with E-state index in [2.05, 4.69) is 34.6 Å². The van der Waals surface area contributed by atoms with Crippen molar-refractivity contribution in [3.8, 4) is 0 Å². The van der Waals surface area contributed by atoms with Crippen LogP contribution >= 0.6 is 0 Å². The molecule has 0 aliphatic carbocycles. The van der Waals surface area contributed by atoms with Crippen LogP contribution in [0.1, 0.15) is 202 Å². The van der Waals surface area contributed by atoms with Gasteiger partial charge < -0.3 is 14.2 Å². The second-order valence-electron chi connectivity index (χ2n) is 14.2. The fourth-order valence-corrected chi connectivity index (χ4v) is 5.52. The maximum absolute atomic E-state index is 12.6. The minimum atomic E-state index is -0.757. The van der Waals surface area contributed by atoms with Crippen molar-refractivity contribution in [3.05, 3.63) is 0 Å². The summed E-state index contributed by atoms with van der Waals surface area (Å²) in [4.78, 5) is 37.2. The molecule has 0 unspecified atom stereocenters. The Balaban J connectivity index is 4.28. The van der Waals surface area contributed by atoms with E-state index < -0.39 is 6.10 Å². The average Bonchev–Trinajstić information content (AvgIpc) is 2.99. The Morgan fingerprint density at radius 2 is 0.733 bits per heavy atom. The Hall–Kier alpha value is -1.59. The summed E-state index contributed by atoms with van der Waals surface area (Å²) < 4.78 is 16.5. The second kappa shape index (κ2) is 32.4. The maximum atomic E-state index is 12.6. The normalized spacial score (nSPS) is 12.1. The number of carbonyl (C=O) groups is 3. The lowest BCUT2D eigenvalue weighted by Gasteiger charge is -2.18. The summed E-state index contributed by atoms with van der Waals surface area (Å²) in [5.41, 5.74) is 0. The molecular formula is C39H74O6. The van der Waals surface area contributed by atoms with Gasteiger partial charge >= 0.3 is 17.9 Å². The van der Waals surface area contributed by atoms with Crippen LogP contribution in [0.5, 0.6) is 0 Å². The first-order chi connectivity index (χ1) is 21.7. The molecule has 0 spiro atoms. The van der Waals surface area contributed by atoms with Crippen LogP contribution in [0.3, 0.4) is 0 Å². The molecule has 45 heavy (non-hydrogen) atoms. The van der Waals surface area contributed by atoms with Crippen molar-refractivity contribution in [1.82, 2.24) is 0 Å². The van der Waals surface area contributed by atoms with Crippen LogP contribution in [0.25, 0.3) is 0 Å². The first-order valence-electron chi connectivity index (χ1n) is 19.2. The van der Waals surface area contributed by atoms with Crippen LogP contribution in [-0.2, 0) is 28.6 Å². The van der Waals surface area contributed by atoms with Crippen molar-refractivity contribution < 1.29 is 28.6 Å². The van der Waals surface area contributed by atoms with Gasteiger partial charge in [0, 0.05) is 19.3 Å². The van der Waals surface area contributed by atoms with E-state index in [-0.39, 0.29) is 31.1 Å². The monoisotopic (exact) mass is 639 g/mol. The molecule has 0 aromatic carbocycles. The van der Waals surface area contributed by atoms with Gasteiger partial charge in [0.1, 0.15) is 13.2 Å². The van der Waals surface area contributed by atoms with Crippen LogP contribution in [0.4, 0.5) is 0 Å². The molecule has 0 saturated carbocycles. The number of hydrogen-bond acceptors (Lipinski definition) is 6. The van der Waals surface area contributed by atoms with E-state index in [1.54, 1.807) is 0 Å². The highest BCUT2D eigenvalue weighted by Gasteiger charge is 2.19. The Kier molecular flexibility index (Phi) is 31.2. The number of unbranched alkanes of at least 4 members (excludes halogenated alkanes) is 18. The average molecular weight is 639 g/mol. The van der Waals surface area contributed by atoms with Gasteiger partial charge in [-0.15, -0.1) is 0 Å². The van der Waals surface area contributed by atoms with Crippen LogP contribution in [-0.4, -0.2) is 37.2 Å². The van der Waals surface area contributed by atoms with Crippen LogP contribution < -0.4 is 0 Å². The zero-order valence-electron chi connectivity index (χ0n) is 30.5.